The van der Waals surface area contributed by atoms with E-state index in [1.807, 2.05) is 13.0 Å². The van der Waals surface area contributed by atoms with Crippen molar-refractivity contribution in [2.75, 3.05) is 7.11 Å². The van der Waals surface area contributed by atoms with Crippen molar-refractivity contribution in [3.05, 3.63) is 0 Å². The predicted octanol–water partition coefficient (Wildman–Crippen LogP) is 1.31. The highest BCUT2D eigenvalue weighted by Gasteiger charge is 1.88. The molecule has 0 radical (unpaired) electrons. The van der Waals surface area contributed by atoms with E-state index in [-0.39, 0.29) is 0 Å². The Morgan fingerprint density at radius 2 is 2.44 bits per heavy atom. The molecule has 9 heavy (non-hydrogen) atoms. The van der Waals surface area contributed by atoms with Crippen LogP contribution in [0.4, 0.5) is 0 Å². The first-order valence-electron chi connectivity index (χ1n) is 2.75. The summed E-state index contributed by atoms with van der Waals surface area (Å²) in [5, 5.41) is 11.8. The molecule has 0 saturated heterocycles. The van der Waals surface area contributed by atoms with Crippen LogP contribution in [-0.4, -0.2) is 12.8 Å². The minimum absolute atomic E-state index is 0.513. The van der Waals surface area contributed by atoms with Crippen LogP contribution in [0.3, 0.4) is 0 Å². The van der Waals surface area contributed by atoms with Gasteiger partial charge in [0.25, 0.3) is 0 Å². The van der Waals surface area contributed by atoms with Crippen molar-refractivity contribution in [3.8, 4) is 6.07 Å². The van der Waals surface area contributed by atoms with E-state index in [0.29, 0.717) is 12.8 Å². The molecule has 0 N–H and O–H groups in total. The topological polar surface area (TPSA) is 45.4 Å². The van der Waals surface area contributed by atoms with Gasteiger partial charge in [-0.15, -0.1) is 0 Å². The fourth-order valence-electron chi connectivity index (χ4n) is 0.438. The fourth-order valence-corrected chi connectivity index (χ4v) is 0.438. The molecule has 0 heterocycles. The summed E-state index contributed by atoms with van der Waals surface area (Å²) < 4.78 is 0. The van der Waals surface area contributed by atoms with E-state index < -0.39 is 0 Å². The van der Waals surface area contributed by atoms with E-state index >= 15 is 0 Å². The van der Waals surface area contributed by atoms with E-state index in [0.717, 1.165) is 5.71 Å². The standard InChI is InChI=1S/C6H10N2O/c1-6(8-9-2)4-3-5-7/h3-4H2,1-2H3. The molecule has 3 heteroatoms. The molecule has 0 spiro atoms. The number of nitriles is 1. The van der Waals surface area contributed by atoms with Gasteiger partial charge in [-0.1, -0.05) is 5.16 Å². The van der Waals surface area contributed by atoms with Crippen molar-refractivity contribution < 1.29 is 4.84 Å². The second-order valence-corrected chi connectivity index (χ2v) is 1.67. The van der Waals surface area contributed by atoms with Crippen LogP contribution in [0.5, 0.6) is 0 Å². The third-order valence-electron chi connectivity index (χ3n) is 0.846. The van der Waals surface area contributed by atoms with Gasteiger partial charge in [0, 0.05) is 12.8 Å². The Labute approximate surface area is 54.9 Å². The fraction of sp³-hybridized carbons (Fsp3) is 0.667. The molecule has 0 aromatic carbocycles. The van der Waals surface area contributed by atoms with Crippen molar-refractivity contribution in [2.24, 2.45) is 5.16 Å². The lowest BCUT2D eigenvalue weighted by Crippen LogP contribution is -1.90. The molecule has 0 fully saturated rings. The van der Waals surface area contributed by atoms with Crippen LogP contribution in [-0.2, 0) is 4.84 Å². The van der Waals surface area contributed by atoms with Crippen molar-refractivity contribution in [1.29, 1.82) is 5.26 Å². The minimum Gasteiger partial charge on any atom is -0.399 e. The highest BCUT2D eigenvalue weighted by molar-refractivity contribution is 5.81. The number of hydrogen-bond acceptors (Lipinski definition) is 3. The first-order chi connectivity index (χ1) is 4.31. The van der Waals surface area contributed by atoms with Gasteiger partial charge in [-0.3, -0.25) is 0 Å². The van der Waals surface area contributed by atoms with E-state index in [4.69, 9.17) is 5.26 Å². The molecule has 0 aliphatic carbocycles. The Morgan fingerprint density at radius 1 is 1.78 bits per heavy atom. The highest BCUT2D eigenvalue weighted by Crippen LogP contribution is 1.90. The SMILES string of the molecule is CON=C(C)CCC#N. The molecule has 0 unspecified atom stereocenters. The normalized spacial score (nSPS) is 10.6. The molecule has 0 atom stereocenters. The second-order valence-electron chi connectivity index (χ2n) is 1.67. The Kier molecular flexibility index (Phi) is 4.51. The molecule has 0 aromatic heterocycles. The third kappa shape index (κ3) is 4.82. The van der Waals surface area contributed by atoms with Gasteiger partial charge in [0.15, 0.2) is 0 Å². The maximum Gasteiger partial charge on any atom is 0.106 e. The molecule has 0 aliphatic heterocycles. The van der Waals surface area contributed by atoms with Crippen LogP contribution in [0.25, 0.3) is 0 Å². The number of rotatable bonds is 3. The summed E-state index contributed by atoms with van der Waals surface area (Å²) in [6.45, 7) is 1.83. The van der Waals surface area contributed by atoms with Crippen LogP contribution in [0.15, 0.2) is 5.16 Å². The highest BCUT2D eigenvalue weighted by atomic mass is 16.6. The lowest BCUT2D eigenvalue weighted by Gasteiger charge is -1.91. The molecule has 3 nitrogen and oxygen atoms in total. The first kappa shape index (κ1) is 7.96. The number of oxime groups is 1. The molecule has 0 aromatic rings. The van der Waals surface area contributed by atoms with Gasteiger partial charge in [-0.05, 0) is 6.92 Å². The smallest absolute Gasteiger partial charge is 0.106 e. The van der Waals surface area contributed by atoms with E-state index in [1.165, 1.54) is 7.11 Å². The van der Waals surface area contributed by atoms with E-state index in [1.54, 1.807) is 0 Å². The third-order valence-corrected chi connectivity index (χ3v) is 0.846. The van der Waals surface area contributed by atoms with Gasteiger partial charge >= 0.3 is 0 Å². The van der Waals surface area contributed by atoms with Gasteiger partial charge in [0.2, 0.25) is 0 Å². The molecule has 0 rings (SSSR count). The zero-order valence-electron chi connectivity index (χ0n) is 5.72. The molecule has 50 valence electrons. The van der Waals surface area contributed by atoms with Crippen LogP contribution in [0.2, 0.25) is 0 Å². The Bertz CT molecular complexity index is 134. The summed E-state index contributed by atoms with van der Waals surface area (Å²) >= 11 is 0. The Hall–Kier alpha value is -1.04. The second kappa shape index (κ2) is 5.10. The quantitative estimate of drug-likeness (QED) is 0.422. The molecule has 0 aliphatic rings. The van der Waals surface area contributed by atoms with Gasteiger partial charge in [0.1, 0.15) is 7.11 Å². The van der Waals surface area contributed by atoms with Crippen LogP contribution in [0, 0.1) is 11.3 Å². The average molecular weight is 126 g/mol. The predicted molar refractivity (Wildman–Crippen MR) is 35.0 cm³/mol. The van der Waals surface area contributed by atoms with Crippen LogP contribution >= 0.6 is 0 Å². The molecular weight excluding hydrogens is 116 g/mol. The lowest BCUT2D eigenvalue weighted by atomic mass is 10.2. The lowest BCUT2D eigenvalue weighted by molar-refractivity contribution is 0.212. The largest absolute Gasteiger partial charge is 0.399 e. The van der Waals surface area contributed by atoms with Crippen molar-refractivity contribution in [2.45, 2.75) is 19.8 Å². The summed E-state index contributed by atoms with van der Waals surface area (Å²) in [7, 11) is 1.50. The zero-order chi connectivity index (χ0) is 7.11. The minimum atomic E-state index is 0.513. The van der Waals surface area contributed by atoms with Crippen molar-refractivity contribution >= 4 is 5.71 Å². The van der Waals surface area contributed by atoms with E-state index in [9.17, 15) is 0 Å². The maximum atomic E-state index is 8.14. The zero-order valence-corrected chi connectivity index (χ0v) is 5.72. The van der Waals surface area contributed by atoms with Crippen molar-refractivity contribution in [3.63, 3.8) is 0 Å². The maximum absolute atomic E-state index is 8.14. The number of nitrogens with zero attached hydrogens (tertiary/aromatic N) is 2. The summed E-state index contributed by atoms with van der Waals surface area (Å²) in [6, 6.07) is 2.02. The number of hydrogen-bond donors (Lipinski definition) is 0. The van der Waals surface area contributed by atoms with Crippen LogP contribution in [0.1, 0.15) is 19.8 Å². The first-order valence-corrected chi connectivity index (χ1v) is 2.75. The molecular formula is C6H10N2O. The summed E-state index contributed by atoms with van der Waals surface area (Å²) in [6.07, 6.45) is 1.21. The summed E-state index contributed by atoms with van der Waals surface area (Å²) in [4.78, 5) is 4.48. The molecule has 0 saturated carbocycles. The van der Waals surface area contributed by atoms with Gasteiger partial charge < -0.3 is 4.84 Å². The summed E-state index contributed by atoms with van der Waals surface area (Å²) in [5.41, 5.74) is 0.860. The van der Waals surface area contributed by atoms with Crippen molar-refractivity contribution in [1.82, 2.24) is 0 Å². The monoisotopic (exact) mass is 126 g/mol. The average Bonchev–Trinajstić information content (AvgIpc) is 1.85. The van der Waals surface area contributed by atoms with Crippen LogP contribution < -0.4 is 0 Å². The van der Waals surface area contributed by atoms with Gasteiger partial charge in [-0.2, -0.15) is 5.26 Å². The molecule has 0 amide bonds. The Balaban J connectivity index is 3.40. The van der Waals surface area contributed by atoms with E-state index in [2.05, 4.69) is 9.99 Å². The summed E-state index contributed by atoms with van der Waals surface area (Å²) in [5.74, 6) is 0. The van der Waals surface area contributed by atoms with Gasteiger partial charge in [-0.25, -0.2) is 0 Å². The Morgan fingerprint density at radius 3 is 2.89 bits per heavy atom. The molecule has 0 bridgehead atoms. The van der Waals surface area contributed by atoms with Gasteiger partial charge in [0.05, 0.1) is 11.8 Å².